The third kappa shape index (κ3) is 5.57. The molecular formula is C15H24N2O3. The van der Waals surface area contributed by atoms with E-state index in [9.17, 15) is 10.1 Å². The van der Waals surface area contributed by atoms with Crippen molar-refractivity contribution in [2.24, 2.45) is 5.92 Å². The molecule has 0 aliphatic carbocycles. The summed E-state index contributed by atoms with van der Waals surface area (Å²) in [7, 11) is 0. The van der Waals surface area contributed by atoms with Crippen LogP contribution in [0.15, 0.2) is 18.2 Å². The van der Waals surface area contributed by atoms with Gasteiger partial charge in [0.25, 0.3) is 0 Å². The number of aryl methyl sites for hydroxylation is 1. The van der Waals surface area contributed by atoms with Crippen molar-refractivity contribution in [3.63, 3.8) is 0 Å². The third-order valence-corrected chi connectivity index (χ3v) is 2.82. The molecule has 0 amide bonds. The molecule has 0 aliphatic rings. The molecule has 5 nitrogen and oxygen atoms in total. The van der Waals surface area contributed by atoms with Gasteiger partial charge < -0.3 is 10.1 Å². The van der Waals surface area contributed by atoms with Crippen LogP contribution < -0.4 is 10.1 Å². The highest BCUT2D eigenvalue weighted by atomic mass is 16.6. The minimum Gasteiger partial charge on any atom is -0.486 e. The molecule has 0 radical (unpaired) electrons. The molecule has 0 aromatic heterocycles. The van der Waals surface area contributed by atoms with E-state index < -0.39 is 4.92 Å². The van der Waals surface area contributed by atoms with Crippen LogP contribution in [0.5, 0.6) is 5.75 Å². The fourth-order valence-electron chi connectivity index (χ4n) is 1.66. The van der Waals surface area contributed by atoms with Crippen LogP contribution in [0, 0.1) is 23.0 Å². The Balaban J connectivity index is 2.59. The van der Waals surface area contributed by atoms with Crippen molar-refractivity contribution < 1.29 is 9.66 Å². The molecule has 0 aliphatic heterocycles. The molecule has 112 valence electrons. The maximum absolute atomic E-state index is 11.0. The van der Waals surface area contributed by atoms with Crippen LogP contribution in [0.1, 0.15) is 33.3 Å². The number of rotatable bonds is 6. The van der Waals surface area contributed by atoms with Crippen LogP contribution in [-0.4, -0.2) is 23.6 Å². The summed E-state index contributed by atoms with van der Waals surface area (Å²) in [6, 6.07) is 5.02. The lowest BCUT2D eigenvalue weighted by molar-refractivity contribution is -0.385. The maximum Gasteiger partial charge on any atom is 0.311 e. The second-order valence-electron chi connectivity index (χ2n) is 6.28. The van der Waals surface area contributed by atoms with E-state index in [0.29, 0.717) is 12.4 Å². The normalized spacial score (nSPS) is 13.1. The standard InChI is InChI=1S/C15H24N2O3/c1-11-6-7-14(13(8-11)17(18)19)20-10-12(2)9-16-15(3,4)5/h6-8,12,16H,9-10H2,1-5H3. The van der Waals surface area contributed by atoms with Gasteiger partial charge in [-0.15, -0.1) is 0 Å². The quantitative estimate of drug-likeness (QED) is 0.641. The highest BCUT2D eigenvalue weighted by Crippen LogP contribution is 2.28. The number of ether oxygens (including phenoxy) is 1. The Morgan fingerprint density at radius 1 is 1.40 bits per heavy atom. The zero-order valence-corrected chi connectivity index (χ0v) is 12.9. The van der Waals surface area contributed by atoms with Gasteiger partial charge in [0, 0.05) is 24.1 Å². The zero-order valence-electron chi connectivity index (χ0n) is 12.9. The Labute approximate surface area is 120 Å². The summed E-state index contributed by atoms with van der Waals surface area (Å²) in [4.78, 5) is 10.6. The first-order valence-corrected chi connectivity index (χ1v) is 6.82. The van der Waals surface area contributed by atoms with Crippen LogP contribution >= 0.6 is 0 Å². The third-order valence-electron chi connectivity index (χ3n) is 2.82. The van der Waals surface area contributed by atoms with Crippen molar-refractivity contribution in [1.82, 2.24) is 5.32 Å². The molecular weight excluding hydrogens is 256 g/mol. The summed E-state index contributed by atoms with van der Waals surface area (Å²) in [5.41, 5.74) is 0.942. The van der Waals surface area contributed by atoms with Gasteiger partial charge in [0.05, 0.1) is 11.5 Å². The number of hydrogen-bond acceptors (Lipinski definition) is 4. The lowest BCUT2D eigenvalue weighted by Gasteiger charge is -2.23. The second kappa shape index (κ2) is 6.70. The van der Waals surface area contributed by atoms with E-state index in [2.05, 4.69) is 33.0 Å². The summed E-state index contributed by atoms with van der Waals surface area (Å²) in [6.07, 6.45) is 0. The number of hydrogen-bond donors (Lipinski definition) is 1. The molecule has 1 rings (SSSR count). The molecule has 1 atom stereocenters. The van der Waals surface area contributed by atoms with Crippen LogP contribution in [0.3, 0.4) is 0 Å². The van der Waals surface area contributed by atoms with Gasteiger partial charge >= 0.3 is 5.69 Å². The molecule has 0 spiro atoms. The van der Waals surface area contributed by atoms with E-state index in [1.165, 1.54) is 6.07 Å². The monoisotopic (exact) mass is 280 g/mol. The predicted octanol–water partition coefficient (Wildman–Crippen LogP) is 3.31. The van der Waals surface area contributed by atoms with Gasteiger partial charge in [-0.05, 0) is 39.3 Å². The zero-order chi connectivity index (χ0) is 15.3. The van der Waals surface area contributed by atoms with Crippen LogP contribution in [0.4, 0.5) is 5.69 Å². The van der Waals surface area contributed by atoms with Crippen molar-refractivity contribution in [2.75, 3.05) is 13.2 Å². The summed E-state index contributed by atoms with van der Waals surface area (Å²) in [6.45, 7) is 11.4. The molecule has 0 saturated carbocycles. The van der Waals surface area contributed by atoms with Gasteiger partial charge in [0.1, 0.15) is 0 Å². The molecule has 1 N–H and O–H groups in total. The van der Waals surface area contributed by atoms with E-state index in [0.717, 1.165) is 12.1 Å². The summed E-state index contributed by atoms with van der Waals surface area (Å²) >= 11 is 0. The highest BCUT2D eigenvalue weighted by molar-refractivity contribution is 5.48. The van der Waals surface area contributed by atoms with Gasteiger partial charge in [-0.2, -0.15) is 0 Å². The molecule has 20 heavy (non-hydrogen) atoms. The topological polar surface area (TPSA) is 64.4 Å². The summed E-state index contributed by atoms with van der Waals surface area (Å²) < 4.78 is 5.60. The fourth-order valence-corrected chi connectivity index (χ4v) is 1.66. The highest BCUT2D eigenvalue weighted by Gasteiger charge is 2.17. The smallest absolute Gasteiger partial charge is 0.311 e. The van der Waals surface area contributed by atoms with Gasteiger partial charge in [-0.25, -0.2) is 0 Å². The number of nitro benzene ring substituents is 1. The van der Waals surface area contributed by atoms with Crippen LogP contribution in [0.2, 0.25) is 0 Å². The summed E-state index contributed by atoms with van der Waals surface area (Å²) in [5.74, 6) is 0.610. The summed E-state index contributed by atoms with van der Waals surface area (Å²) in [5, 5.41) is 14.4. The molecule has 0 fully saturated rings. The SMILES string of the molecule is Cc1ccc(OCC(C)CNC(C)(C)C)c([N+](=O)[O-])c1. The minimum atomic E-state index is -0.402. The van der Waals surface area contributed by atoms with E-state index in [1.807, 2.05) is 13.0 Å². The molecule has 1 unspecified atom stereocenters. The van der Waals surface area contributed by atoms with Crippen LogP contribution in [0.25, 0.3) is 0 Å². The number of nitrogens with zero attached hydrogens (tertiary/aromatic N) is 1. The average molecular weight is 280 g/mol. The Morgan fingerprint density at radius 2 is 2.05 bits per heavy atom. The first kappa shape index (κ1) is 16.4. The van der Waals surface area contributed by atoms with Gasteiger partial charge in [0.2, 0.25) is 0 Å². The van der Waals surface area contributed by atoms with Crippen molar-refractivity contribution in [1.29, 1.82) is 0 Å². The number of nitro groups is 1. The van der Waals surface area contributed by atoms with E-state index in [1.54, 1.807) is 6.07 Å². The molecule has 0 bridgehead atoms. The molecule has 1 aromatic carbocycles. The first-order valence-electron chi connectivity index (χ1n) is 6.82. The lowest BCUT2D eigenvalue weighted by Crippen LogP contribution is -2.39. The molecule has 0 saturated heterocycles. The van der Waals surface area contributed by atoms with Crippen molar-refractivity contribution in [3.8, 4) is 5.75 Å². The molecule has 0 heterocycles. The van der Waals surface area contributed by atoms with Crippen molar-refractivity contribution >= 4 is 5.69 Å². The van der Waals surface area contributed by atoms with Crippen molar-refractivity contribution in [3.05, 3.63) is 33.9 Å². The number of nitrogens with one attached hydrogen (secondary N) is 1. The van der Waals surface area contributed by atoms with Gasteiger partial charge in [0.15, 0.2) is 5.75 Å². The Bertz CT molecular complexity index is 467. The average Bonchev–Trinajstić information content (AvgIpc) is 2.33. The molecule has 5 heteroatoms. The van der Waals surface area contributed by atoms with Crippen molar-refractivity contribution in [2.45, 2.75) is 40.2 Å². The van der Waals surface area contributed by atoms with E-state index in [4.69, 9.17) is 4.74 Å². The Hall–Kier alpha value is -1.62. The number of benzene rings is 1. The predicted molar refractivity (Wildman–Crippen MR) is 80.2 cm³/mol. The van der Waals surface area contributed by atoms with Crippen LogP contribution in [-0.2, 0) is 0 Å². The van der Waals surface area contributed by atoms with E-state index >= 15 is 0 Å². The largest absolute Gasteiger partial charge is 0.486 e. The second-order valence-corrected chi connectivity index (χ2v) is 6.28. The Kier molecular flexibility index (Phi) is 5.51. The lowest BCUT2D eigenvalue weighted by atomic mass is 10.1. The fraction of sp³-hybridized carbons (Fsp3) is 0.600. The molecule has 1 aromatic rings. The Morgan fingerprint density at radius 3 is 2.60 bits per heavy atom. The minimum absolute atomic E-state index is 0.0287. The van der Waals surface area contributed by atoms with E-state index in [-0.39, 0.29) is 17.1 Å². The van der Waals surface area contributed by atoms with Gasteiger partial charge in [-0.3, -0.25) is 10.1 Å². The first-order chi connectivity index (χ1) is 9.19. The maximum atomic E-state index is 11.0. The van der Waals surface area contributed by atoms with Gasteiger partial charge in [-0.1, -0.05) is 13.0 Å².